The fraction of sp³-hybridized carbons (Fsp3) is 0.500. The predicted octanol–water partition coefficient (Wildman–Crippen LogP) is 2.88. The zero-order valence-electron chi connectivity index (χ0n) is 10.3. The van der Waals surface area contributed by atoms with E-state index in [-0.39, 0.29) is 0 Å². The third kappa shape index (κ3) is 5.08. The summed E-state index contributed by atoms with van der Waals surface area (Å²) in [5.41, 5.74) is 1.30. The lowest BCUT2D eigenvalue weighted by atomic mass is 10.1. The highest BCUT2D eigenvalue weighted by atomic mass is 16.1. The Labute approximate surface area is 98.3 Å². The van der Waals surface area contributed by atoms with E-state index in [1.807, 2.05) is 25.1 Å². The fourth-order valence-electron chi connectivity index (χ4n) is 1.69. The van der Waals surface area contributed by atoms with E-state index in [4.69, 9.17) is 0 Å². The number of benzene rings is 1. The molecule has 1 rings (SSSR count). The van der Waals surface area contributed by atoms with Crippen LogP contribution in [0.1, 0.15) is 31.7 Å². The first-order valence-electron chi connectivity index (χ1n) is 5.96. The first-order chi connectivity index (χ1) is 7.72. The van der Waals surface area contributed by atoms with Crippen molar-refractivity contribution in [3.05, 3.63) is 35.9 Å². The molecule has 0 amide bonds. The zero-order chi connectivity index (χ0) is 11.8. The van der Waals surface area contributed by atoms with Crippen LogP contribution in [0.4, 0.5) is 0 Å². The molecule has 0 spiro atoms. The van der Waals surface area contributed by atoms with Crippen LogP contribution in [-0.4, -0.2) is 24.3 Å². The third-order valence-electron chi connectivity index (χ3n) is 2.60. The van der Waals surface area contributed by atoms with Gasteiger partial charge >= 0.3 is 0 Å². The molecule has 1 aromatic carbocycles. The minimum absolute atomic E-state index is 0.377. The lowest BCUT2D eigenvalue weighted by Gasteiger charge is -2.15. The number of Topliss-reactive ketones (excluding diaryl/α,β-unsaturated/α-hetero) is 1. The molecule has 0 aromatic heterocycles. The topological polar surface area (TPSA) is 20.3 Å². The van der Waals surface area contributed by atoms with Crippen molar-refractivity contribution in [2.75, 3.05) is 13.6 Å². The number of hydrogen-bond acceptors (Lipinski definition) is 2. The van der Waals surface area contributed by atoms with E-state index < -0.39 is 0 Å². The van der Waals surface area contributed by atoms with Crippen LogP contribution in [0.3, 0.4) is 0 Å². The second-order valence-electron chi connectivity index (χ2n) is 4.26. The van der Waals surface area contributed by atoms with Gasteiger partial charge in [-0.15, -0.1) is 0 Å². The summed E-state index contributed by atoms with van der Waals surface area (Å²) in [5.74, 6) is 0.377. The van der Waals surface area contributed by atoms with Gasteiger partial charge in [-0.05, 0) is 19.0 Å². The van der Waals surface area contributed by atoms with Gasteiger partial charge in [0, 0.05) is 25.9 Å². The maximum Gasteiger partial charge on any atom is 0.134 e. The smallest absolute Gasteiger partial charge is 0.134 e. The molecule has 2 heteroatoms. The Morgan fingerprint density at radius 1 is 1.19 bits per heavy atom. The maximum atomic E-state index is 11.4. The lowest BCUT2D eigenvalue weighted by Crippen LogP contribution is -2.21. The molecule has 2 nitrogen and oxygen atoms in total. The highest BCUT2D eigenvalue weighted by molar-refractivity contribution is 5.78. The van der Waals surface area contributed by atoms with Crippen molar-refractivity contribution in [1.82, 2.24) is 4.90 Å². The molecule has 88 valence electrons. The van der Waals surface area contributed by atoms with Crippen molar-refractivity contribution in [3.8, 4) is 0 Å². The Bertz CT molecular complexity index is 308. The van der Waals surface area contributed by atoms with Gasteiger partial charge in [-0.3, -0.25) is 4.79 Å². The Hall–Kier alpha value is -1.15. The maximum absolute atomic E-state index is 11.4. The molecule has 0 saturated heterocycles. The number of carbonyl (C=O) groups is 1. The van der Waals surface area contributed by atoms with Gasteiger partial charge in [0.1, 0.15) is 5.78 Å². The molecule has 0 radical (unpaired) electrons. The van der Waals surface area contributed by atoms with E-state index >= 15 is 0 Å². The van der Waals surface area contributed by atoms with Gasteiger partial charge in [0.15, 0.2) is 0 Å². The van der Waals surface area contributed by atoms with E-state index in [9.17, 15) is 4.79 Å². The van der Waals surface area contributed by atoms with Gasteiger partial charge in [0.05, 0.1) is 0 Å². The van der Waals surface area contributed by atoms with Crippen LogP contribution in [0.5, 0.6) is 0 Å². The lowest BCUT2D eigenvalue weighted by molar-refractivity contribution is -0.119. The second kappa shape index (κ2) is 7.18. The van der Waals surface area contributed by atoms with Gasteiger partial charge in [0.2, 0.25) is 0 Å². The summed E-state index contributed by atoms with van der Waals surface area (Å²) in [6.45, 7) is 3.82. The number of ketones is 1. The fourth-order valence-corrected chi connectivity index (χ4v) is 1.69. The van der Waals surface area contributed by atoms with E-state index in [1.165, 1.54) is 5.56 Å². The molecule has 16 heavy (non-hydrogen) atoms. The Morgan fingerprint density at radius 2 is 1.88 bits per heavy atom. The summed E-state index contributed by atoms with van der Waals surface area (Å²) < 4.78 is 0. The Kier molecular flexibility index (Phi) is 5.79. The van der Waals surface area contributed by atoms with E-state index in [0.29, 0.717) is 12.2 Å². The summed E-state index contributed by atoms with van der Waals surface area (Å²) in [4.78, 5) is 13.6. The molecule has 0 saturated carbocycles. The quantitative estimate of drug-likeness (QED) is 0.703. The van der Waals surface area contributed by atoms with Crippen molar-refractivity contribution in [2.24, 2.45) is 0 Å². The van der Waals surface area contributed by atoms with Crippen molar-refractivity contribution in [1.29, 1.82) is 0 Å². The van der Waals surface area contributed by atoms with Gasteiger partial charge in [0.25, 0.3) is 0 Å². The zero-order valence-corrected chi connectivity index (χ0v) is 10.3. The Morgan fingerprint density at radius 3 is 2.50 bits per heavy atom. The van der Waals surface area contributed by atoms with Gasteiger partial charge in [-0.2, -0.15) is 0 Å². The molecule has 0 fully saturated rings. The third-order valence-corrected chi connectivity index (χ3v) is 2.60. The van der Waals surface area contributed by atoms with Gasteiger partial charge in [-0.25, -0.2) is 0 Å². The van der Waals surface area contributed by atoms with Crippen LogP contribution in [-0.2, 0) is 11.3 Å². The summed E-state index contributed by atoms with van der Waals surface area (Å²) in [5, 5.41) is 0. The van der Waals surface area contributed by atoms with Crippen LogP contribution in [0.15, 0.2) is 30.3 Å². The van der Waals surface area contributed by atoms with Crippen molar-refractivity contribution in [3.63, 3.8) is 0 Å². The Balaban J connectivity index is 2.26. The summed E-state index contributed by atoms with van der Waals surface area (Å²) in [7, 11) is 2.06. The van der Waals surface area contributed by atoms with Crippen molar-refractivity contribution < 1.29 is 4.79 Å². The summed E-state index contributed by atoms with van der Waals surface area (Å²) in [6, 6.07) is 10.3. The van der Waals surface area contributed by atoms with E-state index in [0.717, 1.165) is 25.9 Å². The van der Waals surface area contributed by atoms with Crippen LogP contribution < -0.4 is 0 Å². The predicted molar refractivity (Wildman–Crippen MR) is 67.3 cm³/mol. The van der Waals surface area contributed by atoms with Crippen molar-refractivity contribution >= 4 is 5.78 Å². The van der Waals surface area contributed by atoms with E-state index in [1.54, 1.807) is 0 Å². The largest absolute Gasteiger partial charge is 0.302 e. The minimum atomic E-state index is 0.377. The monoisotopic (exact) mass is 219 g/mol. The SMILES string of the molecule is CCCC(=O)CCN(C)Cc1ccccc1. The normalized spacial score (nSPS) is 10.7. The molecule has 1 aromatic rings. The van der Waals surface area contributed by atoms with Gasteiger partial charge < -0.3 is 4.90 Å². The number of hydrogen-bond donors (Lipinski definition) is 0. The van der Waals surface area contributed by atoms with Crippen LogP contribution in [0.25, 0.3) is 0 Å². The highest BCUT2D eigenvalue weighted by Crippen LogP contribution is 2.03. The number of nitrogens with zero attached hydrogens (tertiary/aromatic N) is 1. The first-order valence-corrected chi connectivity index (χ1v) is 5.96. The van der Waals surface area contributed by atoms with Crippen LogP contribution in [0, 0.1) is 0 Å². The number of carbonyl (C=O) groups excluding carboxylic acids is 1. The highest BCUT2D eigenvalue weighted by Gasteiger charge is 2.04. The molecule has 0 aliphatic rings. The average Bonchev–Trinajstić information content (AvgIpc) is 2.28. The molecule has 0 atom stereocenters. The summed E-state index contributed by atoms with van der Waals surface area (Å²) in [6.07, 6.45) is 2.36. The molecule has 0 bridgehead atoms. The first kappa shape index (κ1) is 12.9. The molecule has 0 unspecified atom stereocenters. The average molecular weight is 219 g/mol. The molecular formula is C14H21NO. The van der Waals surface area contributed by atoms with Crippen LogP contribution in [0.2, 0.25) is 0 Å². The standard InChI is InChI=1S/C14H21NO/c1-3-7-14(16)10-11-15(2)12-13-8-5-4-6-9-13/h4-6,8-9H,3,7,10-12H2,1-2H3. The van der Waals surface area contributed by atoms with E-state index in [2.05, 4.69) is 24.1 Å². The second-order valence-corrected chi connectivity index (χ2v) is 4.26. The van der Waals surface area contributed by atoms with Crippen molar-refractivity contribution in [2.45, 2.75) is 32.7 Å². The summed E-state index contributed by atoms with van der Waals surface area (Å²) >= 11 is 0. The number of rotatable bonds is 7. The molecule has 0 aliphatic carbocycles. The van der Waals surface area contributed by atoms with Gasteiger partial charge in [-0.1, -0.05) is 37.3 Å². The minimum Gasteiger partial charge on any atom is -0.302 e. The molecular weight excluding hydrogens is 198 g/mol. The van der Waals surface area contributed by atoms with Crippen LogP contribution >= 0.6 is 0 Å². The molecule has 0 heterocycles. The molecule has 0 N–H and O–H groups in total. The molecule has 0 aliphatic heterocycles.